The van der Waals surface area contributed by atoms with E-state index in [9.17, 15) is 4.79 Å². The summed E-state index contributed by atoms with van der Waals surface area (Å²) in [5, 5.41) is 2.53. The number of methoxy groups -OCH3 is 1. The second kappa shape index (κ2) is 5.42. The van der Waals surface area contributed by atoms with Crippen molar-refractivity contribution in [1.29, 1.82) is 0 Å². The Balaban J connectivity index is 1.75. The fraction of sp³-hybridized carbons (Fsp3) is 0.450. The Morgan fingerprint density at radius 2 is 1.86 bits per heavy atom. The monoisotopic (exact) mass is 294 g/mol. The van der Waals surface area contributed by atoms with Crippen molar-refractivity contribution in [1.82, 2.24) is 0 Å². The summed E-state index contributed by atoms with van der Waals surface area (Å²) < 4.78 is 5.14. The predicted octanol–water partition coefficient (Wildman–Crippen LogP) is 4.53. The molecule has 4 atom stereocenters. The van der Waals surface area contributed by atoms with Gasteiger partial charge in [0.1, 0.15) is 0 Å². The summed E-state index contributed by atoms with van der Waals surface area (Å²) in [5.41, 5.74) is 1.31. The van der Waals surface area contributed by atoms with Gasteiger partial charge in [-0.2, -0.15) is 0 Å². The number of fused-ring (bicyclic) bond motifs is 3. The Bertz CT molecular complexity index is 706. The zero-order chi connectivity index (χ0) is 15.1. The Kier molecular flexibility index (Phi) is 3.40. The molecule has 2 saturated carbocycles. The minimum Gasteiger partial charge on any atom is -0.469 e. The van der Waals surface area contributed by atoms with Crippen molar-refractivity contribution in [2.75, 3.05) is 7.11 Å². The zero-order valence-electron chi connectivity index (χ0n) is 13.0. The van der Waals surface area contributed by atoms with Crippen LogP contribution in [-0.4, -0.2) is 13.1 Å². The molecule has 2 aromatic carbocycles. The number of hydrogen-bond acceptors (Lipinski definition) is 2. The van der Waals surface area contributed by atoms with Gasteiger partial charge < -0.3 is 4.74 Å². The lowest BCUT2D eigenvalue weighted by molar-refractivity contribution is -0.149. The number of esters is 1. The van der Waals surface area contributed by atoms with Crippen LogP contribution in [0.5, 0.6) is 0 Å². The number of hydrogen-bond donors (Lipinski definition) is 0. The van der Waals surface area contributed by atoms with Gasteiger partial charge in [0.05, 0.1) is 13.0 Å². The summed E-state index contributed by atoms with van der Waals surface area (Å²) in [7, 11) is 1.53. The molecule has 4 rings (SSSR count). The van der Waals surface area contributed by atoms with E-state index in [1.54, 1.807) is 0 Å². The number of benzene rings is 2. The molecule has 0 N–H and O–H groups in total. The largest absolute Gasteiger partial charge is 0.469 e. The fourth-order valence-corrected chi connectivity index (χ4v) is 4.76. The van der Waals surface area contributed by atoms with Gasteiger partial charge in [0.15, 0.2) is 0 Å². The van der Waals surface area contributed by atoms with Crippen molar-refractivity contribution in [3.63, 3.8) is 0 Å². The first-order chi connectivity index (χ1) is 10.8. The zero-order valence-corrected chi connectivity index (χ0v) is 13.0. The lowest BCUT2D eigenvalue weighted by Gasteiger charge is -2.35. The van der Waals surface area contributed by atoms with Crippen LogP contribution in [0.15, 0.2) is 42.5 Å². The first-order valence-corrected chi connectivity index (χ1v) is 8.33. The molecule has 2 bridgehead atoms. The molecule has 0 aromatic heterocycles. The lowest BCUT2D eigenvalue weighted by atomic mass is 9.69. The van der Waals surface area contributed by atoms with Crippen molar-refractivity contribution >= 4 is 16.7 Å². The van der Waals surface area contributed by atoms with Crippen LogP contribution in [0, 0.1) is 17.8 Å². The average Bonchev–Trinajstić information content (AvgIpc) is 2.95. The van der Waals surface area contributed by atoms with Gasteiger partial charge in [0.25, 0.3) is 0 Å². The van der Waals surface area contributed by atoms with Gasteiger partial charge in [0, 0.05) is 0 Å². The smallest absolute Gasteiger partial charge is 0.309 e. The van der Waals surface area contributed by atoms with Crippen molar-refractivity contribution in [2.24, 2.45) is 17.8 Å². The van der Waals surface area contributed by atoms with Gasteiger partial charge in [-0.25, -0.2) is 0 Å². The minimum absolute atomic E-state index is 0.0106. The van der Waals surface area contributed by atoms with E-state index in [4.69, 9.17) is 4.74 Å². The summed E-state index contributed by atoms with van der Waals surface area (Å²) in [6.45, 7) is 0. The van der Waals surface area contributed by atoms with Crippen LogP contribution in [0.25, 0.3) is 10.8 Å². The van der Waals surface area contributed by atoms with Crippen LogP contribution in [0.3, 0.4) is 0 Å². The van der Waals surface area contributed by atoms with Crippen LogP contribution in [-0.2, 0) is 9.53 Å². The van der Waals surface area contributed by atoms with Crippen LogP contribution >= 0.6 is 0 Å². The van der Waals surface area contributed by atoms with Gasteiger partial charge >= 0.3 is 5.97 Å². The molecule has 0 spiro atoms. The van der Waals surface area contributed by atoms with Crippen LogP contribution in [0.2, 0.25) is 0 Å². The molecule has 0 radical (unpaired) electrons. The van der Waals surface area contributed by atoms with Gasteiger partial charge in [-0.1, -0.05) is 48.9 Å². The normalized spacial score (nSPS) is 30.4. The molecule has 22 heavy (non-hydrogen) atoms. The first-order valence-electron chi connectivity index (χ1n) is 8.33. The van der Waals surface area contributed by atoms with E-state index in [-0.39, 0.29) is 11.9 Å². The van der Waals surface area contributed by atoms with Crippen molar-refractivity contribution < 1.29 is 9.53 Å². The molecule has 0 aliphatic heterocycles. The predicted molar refractivity (Wildman–Crippen MR) is 87.6 cm³/mol. The molecule has 2 aliphatic rings. The number of rotatable bonds is 2. The van der Waals surface area contributed by atoms with Crippen LogP contribution < -0.4 is 0 Å². The summed E-state index contributed by atoms with van der Waals surface area (Å²) in [4.78, 5) is 12.4. The quantitative estimate of drug-likeness (QED) is 0.760. The second-order valence-electron chi connectivity index (χ2n) is 6.94. The number of carbonyl (C=O) groups is 1. The summed E-state index contributed by atoms with van der Waals surface area (Å²) in [6.07, 6.45) is 4.81. The standard InChI is InChI=1S/C20H22O2/c1-22-20(21)19-17-7-6-13(10-17)11-18(19)16-9-8-14-4-2-3-5-15(14)12-16/h2-5,8-9,12-13,17-19H,6-7,10-11H2,1H3/t13?,17?,18-,19+/m1/s1. The topological polar surface area (TPSA) is 26.3 Å². The summed E-state index contributed by atoms with van der Waals surface area (Å²) in [5.74, 6) is 1.67. The molecular formula is C20H22O2. The molecule has 0 heterocycles. The third-order valence-corrected chi connectivity index (χ3v) is 5.79. The van der Waals surface area contributed by atoms with Gasteiger partial charge in [0.2, 0.25) is 0 Å². The molecular weight excluding hydrogens is 272 g/mol. The van der Waals surface area contributed by atoms with Crippen molar-refractivity contribution in [2.45, 2.75) is 31.6 Å². The molecule has 2 unspecified atom stereocenters. The highest BCUT2D eigenvalue weighted by Crippen LogP contribution is 2.52. The van der Waals surface area contributed by atoms with Gasteiger partial charge in [-0.05, 0) is 53.4 Å². The van der Waals surface area contributed by atoms with Crippen molar-refractivity contribution in [3.05, 3.63) is 48.0 Å². The third kappa shape index (κ3) is 2.22. The molecule has 114 valence electrons. The Morgan fingerprint density at radius 1 is 1.05 bits per heavy atom. The maximum absolute atomic E-state index is 12.4. The molecule has 2 heteroatoms. The molecule has 0 saturated heterocycles. The highest BCUT2D eigenvalue weighted by atomic mass is 16.5. The van der Waals surface area contributed by atoms with Crippen LogP contribution in [0.4, 0.5) is 0 Å². The summed E-state index contributed by atoms with van der Waals surface area (Å²) >= 11 is 0. The molecule has 2 fully saturated rings. The van der Waals surface area contributed by atoms with Gasteiger partial charge in [-0.15, -0.1) is 0 Å². The SMILES string of the molecule is COC(=O)[C@H]1C2CCC(C2)C[C@@H]1c1ccc2ccccc2c1. The van der Waals surface area contributed by atoms with Crippen molar-refractivity contribution in [3.8, 4) is 0 Å². The fourth-order valence-electron chi connectivity index (χ4n) is 4.76. The number of ether oxygens (including phenoxy) is 1. The first kappa shape index (κ1) is 13.8. The maximum atomic E-state index is 12.4. The molecule has 2 aliphatic carbocycles. The Labute approximate surface area is 131 Å². The van der Waals surface area contributed by atoms with E-state index >= 15 is 0 Å². The lowest BCUT2D eigenvalue weighted by Crippen LogP contribution is -2.33. The third-order valence-electron chi connectivity index (χ3n) is 5.79. The van der Waals surface area contributed by atoms with E-state index < -0.39 is 0 Å². The van der Waals surface area contributed by atoms with E-state index in [2.05, 4.69) is 42.5 Å². The molecule has 2 nitrogen and oxygen atoms in total. The minimum atomic E-state index is -0.0106. The van der Waals surface area contributed by atoms with Gasteiger partial charge in [-0.3, -0.25) is 4.79 Å². The second-order valence-corrected chi connectivity index (χ2v) is 6.94. The average molecular weight is 294 g/mol. The van der Waals surface area contributed by atoms with E-state index in [1.807, 2.05) is 0 Å². The molecule has 2 aromatic rings. The maximum Gasteiger partial charge on any atom is 0.309 e. The highest BCUT2D eigenvalue weighted by Gasteiger charge is 2.46. The number of carbonyl (C=O) groups excluding carboxylic acids is 1. The Morgan fingerprint density at radius 3 is 2.68 bits per heavy atom. The van der Waals surface area contributed by atoms with E-state index in [0.29, 0.717) is 11.8 Å². The molecule has 0 amide bonds. The Hall–Kier alpha value is -1.83. The summed E-state index contributed by atoms with van der Waals surface area (Å²) in [6, 6.07) is 15.1. The van der Waals surface area contributed by atoms with E-state index in [0.717, 1.165) is 12.3 Å². The van der Waals surface area contributed by atoms with E-state index in [1.165, 1.54) is 42.7 Å². The van der Waals surface area contributed by atoms with Crippen LogP contribution in [0.1, 0.15) is 37.2 Å². The highest BCUT2D eigenvalue weighted by molar-refractivity contribution is 5.83.